The SMILES string of the molecule is CCCSSCC.O=S(=O)([O-])[O-].[Na+].[Na+]. The van der Waals surface area contributed by atoms with Crippen LogP contribution in [0, 0.1) is 0 Å². The van der Waals surface area contributed by atoms with Crippen LogP contribution in [-0.2, 0) is 10.4 Å². The summed E-state index contributed by atoms with van der Waals surface area (Å²) in [6.45, 7) is 4.40. The zero-order valence-electron chi connectivity index (χ0n) is 8.98. The molecule has 0 rings (SSSR count). The summed E-state index contributed by atoms with van der Waals surface area (Å²) in [6, 6.07) is 0. The van der Waals surface area contributed by atoms with E-state index in [4.69, 9.17) is 17.5 Å². The fraction of sp³-hybridized carbons (Fsp3) is 1.00. The minimum absolute atomic E-state index is 0. The second kappa shape index (κ2) is 17.9. The van der Waals surface area contributed by atoms with Gasteiger partial charge >= 0.3 is 59.1 Å². The summed E-state index contributed by atoms with van der Waals surface area (Å²) in [5.74, 6) is 2.54. The fourth-order valence-electron chi connectivity index (χ4n) is 0.226. The molecule has 0 atom stereocenters. The van der Waals surface area contributed by atoms with Gasteiger partial charge in [-0.15, -0.1) is 0 Å². The Labute approximate surface area is 138 Å². The molecule has 0 N–H and O–H groups in total. The molecule has 0 aliphatic carbocycles. The minimum Gasteiger partial charge on any atom is -0.759 e. The van der Waals surface area contributed by atoms with E-state index in [1.165, 1.54) is 17.9 Å². The van der Waals surface area contributed by atoms with Crippen molar-refractivity contribution in [3.8, 4) is 0 Å². The maximum absolute atomic E-state index is 8.52. The van der Waals surface area contributed by atoms with Gasteiger partial charge < -0.3 is 9.11 Å². The first kappa shape index (κ1) is 25.4. The average molecular weight is 278 g/mol. The predicted octanol–water partition coefficient (Wildman–Crippen LogP) is -4.53. The molecule has 0 amide bonds. The zero-order valence-corrected chi connectivity index (χ0v) is 15.4. The molecule has 0 heterocycles. The second-order valence-electron chi connectivity index (χ2n) is 1.64. The monoisotopic (exact) mass is 278 g/mol. The Morgan fingerprint density at radius 3 is 1.64 bits per heavy atom. The van der Waals surface area contributed by atoms with Crippen LogP contribution < -0.4 is 59.1 Å². The van der Waals surface area contributed by atoms with Gasteiger partial charge in [0.1, 0.15) is 0 Å². The summed E-state index contributed by atoms with van der Waals surface area (Å²) in [4.78, 5) is 0. The molecule has 0 aliphatic rings. The zero-order chi connectivity index (χ0) is 10.0. The van der Waals surface area contributed by atoms with Crippen LogP contribution in [0.25, 0.3) is 0 Å². The molecular weight excluding hydrogens is 266 g/mol. The van der Waals surface area contributed by atoms with Crippen LogP contribution in [0.1, 0.15) is 20.3 Å². The molecule has 0 saturated heterocycles. The van der Waals surface area contributed by atoms with Crippen molar-refractivity contribution in [2.45, 2.75) is 20.3 Å². The fourth-order valence-corrected chi connectivity index (χ4v) is 2.03. The molecule has 0 radical (unpaired) electrons. The van der Waals surface area contributed by atoms with E-state index in [1.54, 1.807) is 0 Å². The van der Waals surface area contributed by atoms with Crippen LogP contribution in [0.4, 0.5) is 0 Å². The molecule has 4 nitrogen and oxygen atoms in total. The van der Waals surface area contributed by atoms with E-state index in [2.05, 4.69) is 13.8 Å². The molecule has 0 spiro atoms. The van der Waals surface area contributed by atoms with Crippen LogP contribution >= 0.6 is 21.6 Å². The summed E-state index contributed by atoms with van der Waals surface area (Å²) < 4.78 is 34.1. The van der Waals surface area contributed by atoms with E-state index in [0.717, 1.165) is 0 Å². The van der Waals surface area contributed by atoms with Crippen LogP contribution in [0.5, 0.6) is 0 Å². The van der Waals surface area contributed by atoms with E-state index < -0.39 is 10.4 Å². The molecule has 0 aromatic carbocycles. The van der Waals surface area contributed by atoms with Gasteiger partial charge in [-0.1, -0.05) is 35.4 Å². The maximum atomic E-state index is 8.52. The van der Waals surface area contributed by atoms with Gasteiger partial charge in [0.15, 0.2) is 0 Å². The Balaban J connectivity index is -0.0000000651. The van der Waals surface area contributed by atoms with Crippen molar-refractivity contribution >= 4 is 32.0 Å². The standard InChI is InChI=1S/C5H12S2.2Na.H2O4S/c1-3-5-7-6-4-2;;;1-5(2,3)4/h3-5H2,1-2H3;;;(H2,1,2,3,4)/q;2*+1;/p-2. The number of rotatable bonds is 4. The smallest absolute Gasteiger partial charge is 0.759 e. The summed E-state index contributed by atoms with van der Waals surface area (Å²) >= 11 is 0. The van der Waals surface area contributed by atoms with Crippen molar-refractivity contribution in [1.29, 1.82) is 0 Å². The molecule has 0 aromatic heterocycles. The van der Waals surface area contributed by atoms with Crippen molar-refractivity contribution in [1.82, 2.24) is 0 Å². The summed E-state index contributed by atoms with van der Waals surface area (Å²) in [5, 5.41) is 0. The van der Waals surface area contributed by atoms with Crippen LogP contribution in [0.3, 0.4) is 0 Å². The quantitative estimate of drug-likeness (QED) is 0.169. The molecule has 0 aromatic rings. The summed E-state index contributed by atoms with van der Waals surface area (Å²) in [5.41, 5.74) is 0. The average Bonchev–Trinajstić information content (AvgIpc) is 1.85. The predicted molar refractivity (Wildman–Crippen MR) is 51.4 cm³/mol. The van der Waals surface area contributed by atoms with Gasteiger partial charge in [-0.3, -0.25) is 8.42 Å². The molecule has 0 bridgehead atoms. The molecule has 76 valence electrons. The van der Waals surface area contributed by atoms with Crippen molar-refractivity contribution in [3.63, 3.8) is 0 Å². The number of hydrogen-bond donors (Lipinski definition) is 0. The van der Waals surface area contributed by atoms with E-state index in [-0.39, 0.29) is 59.1 Å². The van der Waals surface area contributed by atoms with Gasteiger partial charge in [-0.05, 0) is 6.42 Å². The third-order valence-corrected chi connectivity index (χ3v) is 3.17. The normalized spacial score (nSPS) is 8.86. The molecule has 0 saturated carbocycles. The molecule has 0 unspecified atom stereocenters. The van der Waals surface area contributed by atoms with Gasteiger partial charge in [0.25, 0.3) is 0 Å². The van der Waals surface area contributed by atoms with E-state index in [1.807, 2.05) is 21.6 Å². The van der Waals surface area contributed by atoms with Gasteiger partial charge in [0, 0.05) is 21.9 Å². The van der Waals surface area contributed by atoms with Crippen molar-refractivity contribution in [2.75, 3.05) is 11.5 Å². The first-order chi connectivity index (χ1) is 5.41. The Bertz CT molecular complexity index is 162. The van der Waals surface area contributed by atoms with Crippen molar-refractivity contribution < 1.29 is 76.6 Å². The molecule has 0 fully saturated rings. The minimum atomic E-state index is -5.17. The molecule has 9 heteroatoms. The molecular formula is C5H12Na2O4S3. The first-order valence-electron chi connectivity index (χ1n) is 3.32. The molecule has 0 aliphatic heterocycles. The van der Waals surface area contributed by atoms with Gasteiger partial charge in [-0.25, -0.2) is 0 Å². The van der Waals surface area contributed by atoms with Gasteiger partial charge in [0.2, 0.25) is 0 Å². The first-order valence-corrected chi connectivity index (χ1v) is 7.15. The molecule has 14 heavy (non-hydrogen) atoms. The number of hydrogen-bond acceptors (Lipinski definition) is 6. The Hall–Kier alpha value is 2.57. The van der Waals surface area contributed by atoms with Gasteiger partial charge in [0.05, 0.1) is 0 Å². The third-order valence-electron chi connectivity index (χ3n) is 0.489. The van der Waals surface area contributed by atoms with Crippen LogP contribution in [-0.4, -0.2) is 29.0 Å². The maximum Gasteiger partial charge on any atom is 1.00 e. The van der Waals surface area contributed by atoms with E-state index >= 15 is 0 Å². The second-order valence-corrected chi connectivity index (χ2v) is 5.32. The van der Waals surface area contributed by atoms with Gasteiger partial charge in [-0.2, -0.15) is 0 Å². The van der Waals surface area contributed by atoms with Crippen LogP contribution in [0.15, 0.2) is 0 Å². The van der Waals surface area contributed by atoms with Crippen molar-refractivity contribution in [2.24, 2.45) is 0 Å². The van der Waals surface area contributed by atoms with E-state index in [0.29, 0.717) is 0 Å². The Kier molecular flexibility index (Phi) is 32.6. The van der Waals surface area contributed by atoms with Crippen LogP contribution in [0.2, 0.25) is 0 Å². The topological polar surface area (TPSA) is 80.3 Å². The summed E-state index contributed by atoms with van der Waals surface area (Å²) in [6.07, 6.45) is 1.30. The third kappa shape index (κ3) is 62.2. The largest absolute Gasteiger partial charge is 1.00 e. The van der Waals surface area contributed by atoms with Crippen molar-refractivity contribution in [3.05, 3.63) is 0 Å². The Morgan fingerprint density at radius 2 is 1.43 bits per heavy atom. The Morgan fingerprint density at radius 1 is 1.07 bits per heavy atom. The summed E-state index contributed by atoms with van der Waals surface area (Å²) in [7, 11) is -1.25. The van der Waals surface area contributed by atoms with E-state index in [9.17, 15) is 0 Å².